The molecule has 0 aliphatic carbocycles. The van der Waals surface area contributed by atoms with E-state index in [1.165, 1.54) is 16.7 Å². The SMILES string of the molecule is Cc1cccc(C)c1Cn1ncc(I)c1N. The van der Waals surface area contributed by atoms with Crippen LogP contribution >= 0.6 is 22.6 Å². The van der Waals surface area contributed by atoms with Crippen molar-refractivity contribution in [1.29, 1.82) is 0 Å². The van der Waals surface area contributed by atoms with Gasteiger partial charge in [0.05, 0.1) is 16.3 Å². The highest BCUT2D eigenvalue weighted by atomic mass is 127. The van der Waals surface area contributed by atoms with Gasteiger partial charge >= 0.3 is 0 Å². The van der Waals surface area contributed by atoms with E-state index in [0.29, 0.717) is 0 Å². The van der Waals surface area contributed by atoms with Gasteiger partial charge in [0.2, 0.25) is 0 Å². The zero-order valence-corrected chi connectivity index (χ0v) is 11.5. The van der Waals surface area contributed by atoms with Gasteiger partial charge in [-0.1, -0.05) is 18.2 Å². The predicted octanol–water partition coefficient (Wildman–Crippen LogP) is 2.74. The van der Waals surface area contributed by atoms with Crippen LogP contribution in [0.5, 0.6) is 0 Å². The molecule has 0 aliphatic rings. The van der Waals surface area contributed by atoms with Crippen LogP contribution in [0.4, 0.5) is 5.82 Å². The van der Waals surface area contributed by atoms with E-state index in [0.717, 1.165) is 15.9 Å². The first-order valence-electron chi connectivity index (χ1n) is 5.11. The number of hydrogen-bond donors (Lipinski definition) is 1. The van der Waals surface area contributed by atoms with E-state index in [1.54, 1.807) is 6.20 Å². The van der Waals surface area contributed by atoms with Gasteiger partial charge in [0.15, 0.2) is 0 Å². The quantitative estimate of drug-likeness (QED) is 0.862. The van der Waals surface area contributed by atoms with Gasteiger partial charge in [-0.2, -0.15) is 5.10 Å². The Morgan fingerprint density at radius 3 is 2.44 bits per heavy atom. The Balaban J connectivity index is 2.38. The molecular weight excluding hydrogens is 313 g/mol. The van der Waals surface area contributed by atoms with Crippen molar-refractivity contribution in [2.24, 2.45) is 0 Å². The van der Waals surface area contributed by atoms with Crippen LogP contribution in [-0.2, 0) is 6.54 Å². The lowest BCUT2D eigenvalue weighted by Gasteiger charge is -2.10. The fourth-order valence-corrected chi connectivity index (χ4v) is 2.15. The lowest BCUT2D eigenvalue weighted by molar-refractivity contribution is 0.691. The summed E-state index contributed by atoms with van der Waals surface area (Å²) in [5.74, 6) is 0.739. The third-order valence-corrected chi connectivity index (χ3v) is 3.62. The van der Waals surface area contributed by atoms with Crippen LogP contribution in [0.3, 0.4) is 0 Å². The predicted molar refractivity (Wildman–Crippen MR) is 74.4 cm³/mol. The van der Waals surface area contributed by atoms with Crippen LogP contribution in [0.1, 0.15) is 16.7 Å². The van der Waals surface area contributed by atoms with Crippen molar-refractivity contribution in [3.63, 3.8) is 0 Å². The Morgan fingerprint density at radius 2 is 1.94 bits per heavy atom. The standard InChI is InChI=1S/C12H14IN3/c1-8-4-3-5-9(2)10(8)7-16-12(14)11(13)6-15-16/h3-6H,7,14H2,1-2H3. The first kappa shape index (κ1) is 11.4. The molecule has 0 saturated carbocycles. The number of anilines is 1. The minimum absolute atomic E-state index is 0.739. The molecule has 1 aromatic heterocycles. The summed E-state index contributed by atoms with van der Waals surface area (Å²) < 4.78 is 2.85. The molecule has 2 rings (SSSR count). The summed E-state index contributed by atoms with van der Waals surface area (Å²) in [5, 5.41) is 4.28. The largest absolute Gasteiger partial charge is 0.383 e. The summed E-state index contributed by atoms with van der Waals surface area (Å²) in [7, 11) is 0. The van der Waals surface area contributed by atoms with Crippen LogP contribution < -0.4 is 5.73 Å². The molecule has 0 spiro atoms. The van der Waals surface area contributed by atoms with Crippen LogP contribution in [0.25, 0.3) is 0 Å². The summed E-state index contributed by atoms with van der Waals surface area (Å²) in [4.78, 5) is 0. The zero-order valence-electron chi connectivity index (χ0n) is 9.37. The molecule has 0 radical (unpaired) electrons. The number of rotatable bonds is 2. The van der Waals surface area contributed by atoms with E-state index >= 15 is 0 Å². The number of nitrogens with two attached hydrogens (primary N) is 1. The average Bonchev–Trinajstić information content (AvgIpc) is 2.55. The molecule has 1 aromatic carbocycles. The number of nitrogens with zero attached hydrogens (tertiary/aromatic N) is 2. The average molecular weight is 327 g/mol. The van der Waals surface area contributed by atoms with E-state index in [9.17, 15) is 0 Å². The van der Waals surface area contributed by atoms with Crippen LogP contribution in [-0.4, -0.2) is 9.78 Å². The second-order valence-electron chi connectivity index (χ2n) is 3.91. The van der Waals surface area contributed by atoms with E-state index in [4.69, 9.17) is 5.73 Å². The molecule has 0 bridgehead atoms. The van der Waals surface area contributed by atoms with Gasteiger partial charge in [0, 0.05) is 0 Å². The molecule has 2 N–H and O–H groups in total. The molecule has 1 heterocycles. The smallest absolute Gasteiger partial charge is 0.135 e. The second-order valence-corrected chi connectivity index (χ2v) is 5.07. The van der Waals surface area contributed by atoms with E-state index in [-0.39, 0.29) is 0 Å². The third kappa shape index (κ3) is 2.07. The van der Waals surface area contributed by atoms with Crippen molar-refractivity contribution in [3.8, 4) is 0 Å². The lowest BCUT2D eigenvalue weighted by atomic mass is 10.0. The van der Waals surface area contributed by atoms with Crippen molar-refractivity contribution in [3.05, 3.63) is 44.7 Å². The normalized spacial score (nSPS) is 10.7. The summed E-state index contributed by atoms with van der Waals surface area (Å²) >= 11 is 2.20. The number of aromatic nitrogens is 2. The zero-order chi connectivity index (χ0) is 11.7. The van der Waals surface area contributed by atoms with Gasteiger partial charge in [-0.05, 0) is 53.1 Å². The topological polar surface area (TPSA) is 43.8 Å². The van der Waals surface area contributed by atoms with Crippen molar-refractivity contribution in [1.82, 2.24) is 9.78 Å². The molecule has 0 unspecified atom stereocenters. The third-order valence-electron chi connectivity index (χ3n) is 2.79. The first-order valence-corrected chi connectivity index (χ1v) is 6.19. The fourth-order valence-electron chi connectivity index (χ4n) is 1.75. The van der Waals surface area contributed by atoms with Gasteiger partial charge in [-0.15, -0.1) is 0 Å². The van der Waals surface area contributed by atoms with E-state index in [2.05, 4.69) is 59.7 Å². The summed E-state index contributed by atoms with van der Waals surface area (Å²) in [6.07, 6.45) is 1.80. The van der Waals surface area contributed by atoms with Gasteiger partial charge in [-0.3, -0.25) is 0 Å². The molecule has 0 saturated heterocycles. The molecular formula is C12H14IN3. The monoisotopic (exact) mass is 327 g/mol. The van der Waals surface area contributed by atoms with Crippen LogP contribution in [0, 0.1) is 17.4 Å². The molecule has 84 valence electrons. The van der Waals surface area contributed by atoms with Crippen molar-refractivity contribution >= 4 is 28.4 Å². The van der Waals surface area contributed by atoms with Gasteiger partial charge in [0.25, 0.3) is 0 Å². The van der Waals surface area contributed by atoms with Gasteiger partial charge < -0.3 is 5.73 Å². The molecule has 0 fully saturated rings. The van der Waals surface area contributed by atoms with Crippen molar-refractivity contribution < 1.29 is 0 Å². The maximum absolute atomic E-state index is 5.94. The molecule has 3 nitrogen and oxygen atoms in total. The Bertz CT molecular complexity index is 497. The number of benzene rings is 1. The minimum atomic E-state index is 0.739. The second kappa shape index (κ2) is 4.45. The number of hydrogen-bond acceptors (Lipinski definition) is 2. The maximum Gasteiger partial charge on any atom is 0.135 e. The Labute approximate surface area is 109 Å². The van der Waals surface area contributed by atoms with Gasteiger partial charge in [0.1, 0.15) is 5.82 Å². The maximum atomic E-state index is 5.94. The summed E-state index contributed by atoms with van der Waals surface area (Å²) in [6.45, 7) is 4.98. The van der Waals surface area contributed by atoms with Crippen LogP contribution in [0.2, 0.25) is 0 Å². The first-order chi connectivity index (χ1) is 7.59. The molecule has 2 aromatic rings. The highest BCUT2D eigenvalue weighted by molar-refractivity contribution is 14.1. The van der Waals surface area contributed by atoms with Gasteiger partial charge in [-0.25, -0.2) is 4.68 Å². The highest BCUT2D eigenvalue weighted by Crippen LogP contribution is 2.18. The number of halogens is 1. The molecule has 0 amide bonds. The van der Waals surface area contributed by atoms with Crippen LogP contribution in [0.15, 0.2) is 24.4 Å². The Morgan fingerprint density at radius 1 is 1.31 bits per heavy atom. The van der Waals surface area contributed by atoms with Crippen molar-refractivity contribution in [2.75, 3.05) is 5.73 Å². The molecule has 4 heteroatoms. The fraction of sp³-hybridized carbons (Fsp3) is 0.250. The van der Waals surface area contributed by atoms with E-state index in [1.807, 2.05) is 4.68 Å². The molecule has 0 atom stereocenters. The lowest BCUT2D eigenvalue weighted by Crippen LogP contribution is -2.08. The Kier molecular flexibility index (Phi) is 3.18. The number of aryl methyl sites for hydroxylation is 2. The highest BCUT2D eigenvalue weighted by Gasteiger charge is 2.08. The summed E-state index contributed by atoms with van der Waals surface area (Å²) in [5.41, 5.74) is 9.81. The summed E-state index contributed by atoms with van der Waals surface area (Å²) in [6, 6.07) is 6.31. The Hall–Kier alpha value is -1.04. The number of nitrogen functional groups attached to an aromatic ring is 1. The minimum Gasteiger partial charge on any atom is -0.383 e. The van der Waals surface area contributed by atoms with Crippen molar-refractivity contribution in [2.45, 2.75) is 20.4 Å². The molecule has 0 aliphatic heterocycles. The molecule has 16 heavy (non-hydrogen) atoms. The van der Waals surface area contributed by atoms with E-state index < -0.39 is 0 Å².